The van der Waals surface area contributed by atoms with Gasteiger partial charge in [-0.25, -0.2) is 0 Å². The van der Waals surface area contributed by atoms with Crippen molar-refractivity contribution < 1.29 is 9.53 Å². The van der Waals surface area contributed by atoms with Gasteiger partial charge in [0.25, 0.3) is 5.91 Å². The number of benzene rings is 1. The van der Waals surface area contributed by atoms with E-state index < -0.39 is 0 Å². The number of carbonyl (C=O) groups is 1. The molecule has 1 atom stereocenters. The van der Waals surface area contributed by atoms with Gasteiger partial charge >= 0.3 is 0 Å². The molecule has 0 saturated carbocycles. The Morgan fingerprint density at radius 3 is 2.79 bits per heavy atom. The van der Waals surface area contributed by atoms with Crippen LogP contribution in [0.2, 0.25) is 0 Å². The average molecular weight is 344 g/mol. The van der Waals surface area contributed by atoms with Crippen molar-refractivity contribution in [2.24, 2.45) is 0 Å². The molecule has 3 rings (SSSR count). The third-order valence-electron chi connectivity index (χ3n) is 4.61. The summed E-state index contributed by atoms with van der Waals surface area (Å²) in [4.78, 5) is 17.0. The second-order valence-corrected chi connectivity index (χ2v) is 7.42. The number of nitrogens with zero attached hydrogens (tertiary/aromatic N) is 1. The van der Waals surface area contributed by atoms with Gasteiger partial charge in [0.05, 0.1) is 12.0 Å². The van der Waals surface area contributed by atoms with Gasteiger partial charge in [0.15, 0.2) is 0 Å². The normalized spacial score (nSPS) is 17.3. The zero-order valence-electron chi connectivity index (χ0n) is 14.5. The number of amides is 1. The van der Waals surface area contributed by atoms with Crippen LogP contribution in [0.4, 0.5) is 0 Å². The van der Waals surface area contributed by atoms with Gasteiger partial charge < -0.3 is 15.0 Å². The standard InChI is InChI=1S/C19H24N2O2S/c1-13-17(14-6-8-16(23-3)9-7-14)11-18(24-13)19(22)21-10-4-5-15(21)12-20-2/h6-9,11,15,20H,4-5,10,12H2,1-3H3/t15-/m1/s1. The second kappa shape index (κ2) is 7.36. The third-order valence-corrected chi connectivity index (χ3v) is 5.65. The monoisotopic (exact) mass is 344 g/mol. The van der Waals surface area contributed by atoms with E-state index in [1.165, 1.54) is 4.88 Å². The smallest absolute Gasteiger partial charge is 0.264 e. The first kappa shape index (κ1) is 17.0. The summed E-state index contributed by atoms with van der Waals surface area (Å²) >= 11 is 1.59. The van der Waals surface area contributed by atoms with Crippen molar-refractivity contribution in [3.63, 3.8) is 0 Å². The van der Waals surface area contributed by atoms with Crippen LogP contribution in [0, 0.1) is 6.92 Å². The fourth-order valence-corrected chi connectivity index (χ4v) is 4.34. The van der Waals surface area contributed by atoms with Crippen molar-refractivity contribution in [3.05, 3.63) is 40.1 Å². The summed E-state index contributed by atoms with van der Waals surface area (Å²) < 4.78 is 5.22. The largest absolute Gasteiger partial charge is 0.497 e. The lowest BCUT2D eigenvalue weighted by Crippen LogP contribution is -2.40. The first-order chi connectivity index (χ1) is 11.6. The van der Waals surface area contributed by atoms with Crippen molar-refractivity contribution in [2.75, 3.05) is 27.2 Å². The molecule has 4 nitrogen and oxygen atoms in total. The Hall–Kier alpha value is -1.85. The molecule has 0 spiro atoms. The minimum absolute atomic E-state index is 0.167. The van der Waals surface area contributed by atoms with E-state index in [0.717, 1.165) is 47.7 Å². The zero-order chi connectivity index (χ0) is 17.1. The highest BCUT2D eigenvalue weighted by molar-refractivity contribution is 7.14. The van der Waals surface area contributed by atoms with E-state index in [4.69, 9.17) is 4.74 Å². The van der Waals surface area contributed by atoms with E-state index in [1.54, 1.807) is 18.4 Å². The highest BCUT2D eigenvalue weighted by Gasteiger charge is 2.30. The van der Waals surface area contributed by atoms with Gasteiger partial charge in [0.2, 0.25) is 0 Å². The minimum Gasteiger partial charge on any atom is -0.497 e. The van der Waals surface area contributed by atoms with Crippen LogP contribution in [0.25, 0.3) is 11.1 Å². The molecule has 1 aliphatic heterocycles. The van der Waals surface area contributed by atoms with Gasteiger partial charge in [0, 0.05) is 24.0 Å². The summed E-state index contributed by atoms with van der Waals surface area (Å²) in [5.74, 6) is 1.01. The predicted octanol–water partition coefficient (Wildman–Crippen LogP) is 3.56. The van der Waals surface area contributed by atoms with Crippen molar-refractivity contribution in [2.45, 2.75) is 25.8 Å². The summed E-state index contributed by atoms with van der Waals surface area (Å²) in [7, 11) is 3.61. The Bertz CT molecular complexity index is 709. The van der Waals surface area contributed by atoms with Crippen molar-refractivity contribution in [1.82, 2.24) is 10.2 Å². The quantitative estimate of drug-likeness (QED) is 0.902. The maximum absolute atomic E-state index is 12.9. The highest BCUT2D eigenvalue weighted by atomic mass is 32.1. The fourth-order valence-electron chi connectivity index (χ4n) is 3.34. The van der Waals surface area contributed by atoms with Crippen LogP contribution >= 0.6 is 11.3 Å². The number of thiophene rings is 1. The number of rotatable bonds is 5. The lowest BCUT2D eigenvalue weighted by Gasteiger charge is -2.23. The Morgan fingerprint density at radius 2 is 2.12 bits per heavy atom. The SMILES string of the molecule is CNC[C@H]1CCCN1C(=O)c1cc(-c2ccc(OC)cc2)c(C)s1. The number of carbonyl (C=O) groups excluding carboxylic acids is 1. The molecule has 128 valence electrons. The lowest BCUT2D eigenvalue weighted by atomic mass is 10.1. The second-order valence-electron chi connectivity index (χ2n) is 6.16. The summed E-state index contributed by atoms with van der Waals surface area (Å²) in [6.45, 7) is 3.80. The number of likely N-dealkylation sites (N-methyl/N-ethyl adjacent to an activating group) is 1. The summed E-state index contributed by atoms with van der Waals surface area (Å²) in [6, 6.07) is 10.4. The van der Waals surface area contributed by atoms with Crippen LogP contribution in [-0.2, 0) is 0 Å². The van der Waals surface area contributed by atoms with E-state index in [1.807, 2.05) is 42.3 Å². The number of aryl methyl sites for hydroxylation is 1. The van der Waals surface area contributed by atoms with Gasteiger partial charge in [0.1, 0.15) is 5.75 Å². The first-order valence-corrected chi connectivity index (χ1v) is 9.16. The maximum atomic E-state index is 12.9. The number of hydrogen-bond donors (Lipinski definition) is 1. The van der Waals surface area contributed by atoms with Crippen LogP contribution in [-0.4, -0.2) is 44.1 Å². The predicted molar refractivity (Wildman–Crippen MR) is 99.0 cm³/mol. The molecular weight excluding hydrogens is 320 g/mol. The molecule has 0 unspecified atom stereocenters. The number of likely N-dealkylation sites (tertiary alicyclic amines) is 1. The number of methoxy groups -OCH3 is 1. The van der Waals surface area contributed by atoms with Gasteiger partial charge in [-0.05, 0) is 56.1 Å². The summed E-state index contributed by atoms with van der Waals surface area (Å²) in [5, 5.41) is 3.20. The molecule has 24 heavy (non-hydrogen) atoms. The minimum atomic E-state index is 0.167. The van der Waals surface area contributed by atoms with E-state index in [9.17, 15) is 4.79 Å². The molecule has 1 saturated heterocycles. The summed E-state index contributed by atoms with van der Waals surface area (Å²) in [5.41, 5.74) is 2.26. The first-order valence-electron chi connectivity index (χ1n) is 8.34. The van der Waals surface area contributed by atoms with Crippen LogP contribution in [0.15, 0.2) is 30.3 Å². The van der Waals surface area contributed by atoms with E-state index in [-0.39, 0.29) is 5.91 Å². The summed E-state index contributed by atoms with van der Waals surface area (Å²) in [6.07, 6.45) is 2.18. The Labute approximate surface area is 147 Å². The fraction of sp³-hybridized carbons (Fsp3) is 0.421. The third kappa shape index (κ3) is 3.32. The van der Waals surface area contributed by atoms with Crippen LogP contribution < -0.4 is 10.1 Å². The van der Waals surface area contributed by atoms with E-state index in [0.29, 0.717) is 6.04 Å². The zero-order valence-corrected chi connectivity index (χ0v) is 15.3. The van der Waals surface area contributed by atoms with E-state index >= 15 is 0 Å². The molecule has 2 heterocycles. The van der Waals surface area contributed by atoms with Crippen LogP contribution in [0.3, 0.4) is 0 Å². The molecule has 1 aromatic carbocycles. The van der Waals surface area contributed by atoms with Gasteiger partial charge in [-0.1, -0.05) is 12.1 Å². The molecule has 2 aromatic rings. The molecule has 1 aliphatic rings. The van der Waals surface area contributed by atoms with Crippen molar-refractivity contribution in [3.8, 4) is 16.9 Å². The van der Waals surface area contributed by atoms with Crippen LogP contribution in [0.5, 0.6) is 5.75 Å². The number of nitrogens with one attached hydrogen (secondary N) is 1. The average Bonchev–Trinajstić information content (AvgIpc) is 3.21. The maximum Gasteiger partial charge on any atom is 0.264 e. The van der Waals surface area contributed by atoms with Crippen molar-refractivity contribution in [1.29, 1.82) is 0 Å². The highest BCUT2D eigenvalue weighted by Crippen LogP contribution is 2.33. The molecular formula is C19H24N2O2S. The van der Waals surface area contributed by atoms with E-state index in [2.05, 4.69) is 12.2 Å². The number of hydrogen-bond acceptors (Lipinski definition) is 4. The van der Waals surface area contributed by atoms with Gasteiger partial charge in [-0.2, -0.15) is 0 Å². The Morgan fingerprint density at radius 1 is 1.38 bits per heavy atom. The van der Waals surface area contributed by atoms with Crippen LogP contribution in [0.1, 0.15) is 27.4 Å². The molecule has 0 aliphatic carbocycles. The molecule has 5 heteroatoms. The Balaban J connectivity index is 1.83. The molecule has 1 aromatic heterocycles. The molecule has 1 fully saturated rings. The van der Waals surface area contributed by atoms with Gasteiger partial charge in [-0.3, -0.25) is 4.79 Å². The lowest BCUT2D eigenvalue weighted by molar-refractivity contribution is 0.0742. The molecule has 1 amide bonds. The number of ether oxygens (including phenoxy) is 1. The molecule has 1 N–H and O–H groups in total. The van der Waals surface area contributed by atoms with Crippen molar-refractivity contribution >= 4 is 17.2 Å². The molecule has 0 radical (unpaired) electrons. The topological polar surface area (TPSA) is 41.6 Å². The van der Waals surface area contributed by atoms with Gasteiger partial charge in [-0.15, -0.1) is 11.3 Å². The Kier molecular flexibility index (Phi) is 5.21. The molecule has 0 bridgehead atoms.